The van der Waals surface area contributed by atoms with Crippen molar-refractivity contribution in [2.45, 2.75) is 25.5 Å². The first-order valence-electron chi connectivity index (χ1n) is 7.46. The monoisotopic (exact) mass is 310 g/mol. The van der Waals surface area contributed by atoms with Gasteiger partial charge in [0.05, 0.1) is 19.8 Å². The topological polar surface area (TPSA) is 53.0 Å². The van der Waals surface area contributed by atoms with Crippen molar-refractivity contribution in [3.05, 3.63) is 29.6 Å². The van der Waals surface area contributed by atoms with E-state index >= 15 is 0 Å². The normalized spacial score (nSPS) is 16.5. The number of halogens is 1. The fourth-order valence-electron chi connectivity index (χ4n) is 2.56. The summed E-state index contributed by atoms with van der Waals surface area (Å²) in [4.78, 5) is 15.8. The first-order chi connectivity index (χ1) is 10.5. The second-order valence-electron chi connectivity index (χ2n) is 5.73. The summed E-state index contributed by atoms with van der Waals surface area (Å²) in [6.07, 6.45) is 1.17. The van der Waals surface area contributed by atoms with E-state index in [4.69, 9.17) is 4.74 Å². The third kappa shape index (κ3) is 4.42. The lowest BCUT2D eigenvalue weighted by molar-refractivity contribution is -0.132. The van der Waals surface area contributed by atoms with Gasteiger partial charge in [-0.25, -0.2) is 4.39 Å². The van der Waals surface area contributed by atoms with E-state index in [0.717, 1.165) is 18.7 Å². The van der Waals surface area contributed by atoms with Gasteiger partial charge in [0.25, 0.3) is 0 Å². The number of methoxy groups -OCH3 is 1. The van der Waals surface area contributed by atoms with Crippen LogP contribution in [0, 0.1) is 5.82 Å². The molecule has 1 N–H and O–H groups in total. The Morgan fingerprint density at radius 3 is 2.73 bits per heavy atom. The molecule has 0 unspecified atom stereocenters. The van der Waals surface area contributed by atoms with Crippen LogP contribution >= 0.6 is 0 Å². The maximum Gasteiger partial charge on any atom is 0.236 e. The number of hydrogen-bond donors (Lipinski definition) is 1. The number of likely N-dealkylation sites (tertiary alicyclic amines) is 1. The van der Waals surface area contributed by atoms with Crippen LogP contribution in [0.3, 0.4) is 0 Å². The summed E-state index contributed by atoms with van der Waals surface area (Å²) in [5.74, 6) is -0.233. The Labute approximate surface area is 130 Å². The highest BCUT2D eigenvalue weighted by molar-refractivity contribution is 5.78. The predicted molar refractivity (Wildman–Crippen MR) is 81.1 cm³/mol. The minimum absolute atomic E-state index is 0.00684. The molecule has 1 fully saturated rings. The third-order valence-corrected chi connectivity index (χ3v) is 3.98. The van der Waals surface area contributed by atoms with Crippen LogP contribution in [0.4, 0.5) is 4.39 Å². The van der Waals surface area contributed by atoms with Gasteiger partial charge in [-0.2, -0.15) is 0 Å². The van der Waals surface area contributed by atoms with Gasteiger partial charge < -0.3 is 14.7 Å². The number of amides is 1. The van der Waals surface area contributed by atoms with Gasteiger partial charge in [0.2, 0.25) is 5.91 Å². The van der Waals surface area contributed by atoms with E-state index in [1.165, 1.54) is 13.2 Å². The van der Waals surface area contributed by atoms with Crippen molar-refractivity contribution in [3.8, 4) is 5.75 Å². The number of aliphatic hydroxyl groups is 1. The van der Waals surface area contributed by atoms with Gasteiger partial charge in [-0.05, 0) is 30.5 Å². The van der Waals surface area contributed by atoms with Crippen molar-refractivity contribution in [1.29, 1.82) is 0 Å². The molecule has 22 heavy (non-hydrogen) atoms. The van der Waals surface area contributed by atoms with E-state index in [1.807, 2.05) is 4.90 Å². The maximum atomic E-state index is 13.7. The van der Waals surface area contributed by atoms with Gasteiger partial charge in [-0.1, -0.05) is 6.07 Å². The van der Waals surface area contributed by atoms with Crippen LogP contribution in [-0.4, -0.2) is 60.7 Å². The summed E-state index contributed by atoms with van der Waals surface area (Å²) >= 11 is 0. The molecule has 122 valence electrons. The zero-order valence-corrected chi connectivity index (χ0v) is 13.1. The van der Waals surface area contributed by atoms with Crippen molar-refractivity contribution < 1.29 is 19.0 Å². The number of carbonyl (C=O) groups is 1. The largest absolute Gasteiger partial charge is 0.494 e. The first-order valence-corrected chi connectivity index (χ1v) is 7.46. The number of piperidine rings is 1. The zero-order chi connectivity index (χ0) is 16.1. The molecule has 0 atom stereocenters. The van der Waals surface area contributed by atoms with Gasteiger partial charge in [0, 0.05) is 26.7 Å². The zero-order valence-electron chi connectivity index (χ0n) is 13.1. The van der Waals surface area contributed by atoms with E-state index in [1.54, 1.807) is 24.1 Å². The Morgan fingerprint density at radius 1 is 1.45 bits per heavy atom. The number of hydrogen-bond acceptors (Lipinski definition) is 4. The van der Waals surface area contributed by atoms with Crippen LogP contribution in [0.25, 0.3) is 0 Å². The summed E-state index contributed by atoms with van der Waals surface area (Å²) in [6, 6.07) is 4.71. The highest BCUT2D eigenvalue weighted by atomic mass is 19.1. The Kier molecular flexibility index (Phi) is 5.74. The third-order valence-electron chi connectivity index (χ3n) is 3.98. The second-order valence-corrected chi connectivity index (χ2v) is 5.73. The van der Waals surface area contributed by atoms with Crippen LogP contribution in [-0.2, 0) is 11.3 Å². The molecule has 0 aromatic heterocycles. The Hall–Kier alpha value is -1.66. The van der Waals surface area contributed by atoms with Gasteiger partial charge in [0.1, 0.15) is 0 Å². The van der Waals surface area contributed by atoms with E-state index < -0.39 is 5.82 Å². The molecule has 1 saturated heterocycles. The minimum atomic E-state index is -0.425. The van der Waals surface area contributed by atoms with Crippen molar-refractivity contribution in [1.82, 2.24) is 9.80 Å². The van der Waals surface area contributed by atoms with Crippen LogP contribution in [0.5, 0.6) is 5.75 Å². The quantitative estimate of drug-likeness (QED) is 0.889. The molecule has 5 nitrogen and oxygen atoms in total. The molecule has 1 aliphatic rings. The molecule has 1 heterocycles. The number of nitrogens with zero attached hydrogens (tertiary/aromatic N) is 2. The fourth-order valence-corrected chi connectivity index (χ4v) is 2.56. The lowest BCUT2D eigenvalue weighted by Crippen LogP contribution is -2.43. The Balaban J connectivity index is 1.87. The van der Waals surface area contributed by atoms with E-state index in [-0.39, 0.29) is 17.8 Å². The van der Waals surface area contributed by atoms with Crippen LogP contribution < -0.4 is 4.74 Å². The molecule has 0 bridgehead atoms. The van der Waals surface area contributed by atoms with Crippen molar-refractivity contribution in [2.24, 2.45) is 0 Å². The molecule has 0 aliphatic carbocycles. The highest BCUT2D eigenvalue weighted by Gasteiger charge is 2.20. The lowest BCUT2D eigenvalue weighted by atomic mass is 10.1. The fraction of sp³-hybridized carbons (Fsp3) is 0.562. The van der Waals surface area contributed by atoms with Crippen molar-refractivity contribution >= 4 is 5.91 Å². The lowest BCUT2D eigenvalue weighted by Gasteiger charge is -2.30. The number of rotatable bonds is 5. The number of carbonyl (C=O) groups excluding carboxylic acids is 1. The SMILES string of the molecule is COc1ccc(CN(C)C(=O)CN2CCC(O)CC2)cc1F. The molecule has 6 heteroatoms. The van der Waals surface area contributed by atoms with E-state index in [0.29, 0.717) is 25.9 Å². The average Bonchev–Trinajstić information content (AvgIpc) is 2.49. The summed E-state index contributed by atoms with van der Waals surface area (Å²) in [6.45, 7) is 2.16. The molecule has 0 saturated carbocycles. The van der Waals surface area contributed by atoms with E-state index in [2.05, 4.69) is 0 Å². The molecular weight excluding hydrogens is 287 g/mol. The van der Waals surface area contributed by atoms with Crippen LogP contribution in [0.15, 0.2) is 18.2 Å². The summed E-state index contributed by atoms with van der Waals surface area (Å²) < 4.78 is 18.5. The minimum Gasteiger partial charge on any atom is -0.494 e. The van der Waals surface area contributed by atoms with E-state index in [9.17, 15) is 14.3 Å². The standard InChI is InChI=1S/C16H23FN2O3/c1-18(10-12-3-4-15(22-2)14(17)9-12)16(21)11-19-7-5-13(20)6-8-19/h3-4,9,13,20H,5-8,10-11H2,1-2H3. The second kappa shape index (κ2) is 7.56. The van der Waals surface area contributed by atoms with Gasteiger partial charge in [-0.3, -0.25) is 9.69 Å². The van der Waals surface area contributed by atoms with Crippen LogP contribution in [0.1, 0.15) is 18.4 Å². The first kappa shape index (κ1) is 16.7. The molecule has 1 aromatic rings. The molecule has 0 spiro atoms. The molecule has 1 aliphatic heterocycles. The summed E-state index contributed by atoms with van der Waals surface area (Å²) in [5, 5.41) is 9.47. The van der Waals surface area contributed by atoms with Gasteiger partial charge >= 0.3 is 0 Å². The number of aliphatic hydroxyl groups excluding tert-OH is 1. The highest BCUT2D eigenvalue weighted by Crippen LogP contribution is 2.18. The van der Waals surface area contributed by atoms with Gasteiger partial charge in [-0.15, -0.1) is 0 Å². The van der Waals surface area contributed by atoms with Crippen molar-refractivity contribution in [2.75, 3.05) is 33.8 Å². The Bertz CT molecular complexity index is 516. The smallest absolute Gasteiger partial charge is 0.236 e. The maximum absolute atomic E-state index is 13.7. The predicted octanol–water partition coefficient (Wildman–Crippen LogP) is 1.25. The molecular formula is C16H23FN2O3. The van der Waals surface area contributed by atoms with Crippen molar-refractivity contribution in [3.63, 3.8) is 0 Å². The number of ether oxygens (including phenoxy) is 1. The molecule has 0 radical (unpaired) electrons. The molecule has 1 amide bonds. The average molecular weight is 310 g/mol. The number of likely N-dealkylation sites (N-methyl/N-ethyl adjacent to an activating group) is 1. The van der Waals surface area contributed by atoms with Gasteiger partial charge in [0.15, 0.2) is 11.6 Å². The van der Waals surface area contributed by atoms with Crippen LogP contribution in [0.2, 0.25) is 0 Å². The summed E-state index contributed by atoms with van der Waals surface area (Å²) in [7, 11) is 3.13. The molecule has 1 aromatic carbocycles. The summed E-state index contributed by atoms with van der Waals surface area (Å²) in [5.41, 5.74) is 0.725. The number of benzene rings is 1. The molecule has 2 rings (SSSR count). The Morgan fingerprint density at radius 2 is 2.14 bits per heavy atom.